The van der Waals surface area contributed by atoms with Crippen molar-refractivity contribution < 1.29 is 4.52 Å². The van der Waals surface area contributed by atoms with Gasteiger partial charge in [-0.1, -0.05) is 23.4 Å². The van der Waals surface area contributed by atoms with Gasteiger partial charge in [0.2, 0.25) is 5.82 Å². The van der Waals surface area contributed by atoms with Crippen LogP contribution in [0, 0.1) is 11.3 Å². The predicted octanol–water partition coefficient (Wildman–Crippen LogP) is 4.16. The summed E-state index contributed by atoms with van der Waals surface area (Å²) in [6, 6.07) is 19.1. The van der Waals surface area contributed by atoms with Crippen molar-refractivity contribution in [2.75, 3.05) is 0 Å². The Labute approximate surface area is 150 Å². The molecular weight excluding hydrogens is 326 g/mol. The summed E-state index contributed by atoms with van der Waals surface area (Å²) in [5.41, 5.74) is 4.34. The SMILES string of the molecule is CCn1nccc1-c1cccc(-c2noc(-c3ccc(C#N)cc3)n2)c1. The average Bonchev–Trinajstić information content (AvgIpc) is 3.37. The van der Waals surface area contributed by atoms with Crippen LogP contribution in [0.15, 0.2) is 65.3 Å². The second-order valence-electron chi connectivity index (χ2n) is 5.73. The van der Waals surface area contributed by atoms with Crippen LogP contribution in [0.2, 0.25) is 0 Å². The molecule has 0 N–H and O–H groups in total. The molecule has 0 saturated heterocycles. The summed E-state index contributed by atoms with van der Waals surface area (Å²) in [6.07, 6.45) is 1.79. The molecule has 0 aliphatic heterocycles. The molecule has 0 aliphatic rings. The molecule has 0 fully saturated rings. The van der Waals surface area contributed by atoms with Crippen LogP contribution >= 0.6 is 0 Å². The predicted molar refractivity (Wildman–Crippen MR) is 96.8 cm³/mol. The summed E-state index contributed by atoms with van der Waals surface area (Å²) in [4.78, 5) is 4.49. The highest BCUT2D eigenvalue weighted by atomic mass is 16.5. The largest absolute Gasteiger partial charge is 0.334 e. The first-order valence-corrected chi connectivity index (χ1v) is 8.25. The zero-order valence-corrected chi connectivity index (χ0v) is 14.1. The minimum atomic E-state index is 0.425. The van der Waals surface area contributed by atoms with Crippen LogP contribution in [0.5, 0.6) is 0 Å². The lowest BCUT2D eigenvalue weighted by molar-refractivity contribution is 0.432. The highest BCUT2D eigenvalue weighted by Gasteiger charge is 2.12. The lowest BCUT2D eigenvalue weighted by Crippen LogP contribution is -1.98. The Hall–Kier alpha value is -3.72. The highest BCUT2D eigenvalue weighted by Crippen LogP contribution is 2.26. The van der Waals surface area contributed by atoms with Gasteiger partial charge in [0.15, 0.2) is 0 Å². The van der Waals surface area contributed by atoms with E-state index in [4.69, 9.17) is 9.78 Å². The van der Waals surface area contributed by atoms with E-state index in [1.165, 1.54) is 0 Å². The topological polar surface area (TPSA) is 80.5 Å². The van der Waals surface area contributed by atoms with E-state index in [0.717, 1.165) is 28.9 Å². The fraction of sp³-hybridized carbons (Fsp3) is 0.100. The van der Waals surface area contributed by atoms with Crippen molar-refractivity contribution in [3.63, 3.8) is 0 Å². The maximum Gasteiger partial charge on any atom is 0.258 e. The number of nitriles is 1. The quantitative estimate of drug-likeness (QED) is 0.557. The van der Waals surface area contributed by atoms with Crippen molar-refractivity contribution in [3.05, 3.63) is 66.4 Å². The van der Waals surface area contributed by atoms with Crippen molar-refractivity contribution in [1.82, 2.24) is 19.9 Å². The number of aromatic nitrogens is 4. The number of rotatable bonds is 4. The minimum absolute atomic E-state index is 0.425. The first-order chi connectivity index (χ1) is 12.8. The molecule has 0 radical (unpaired) electrons. The van der Waals surface area contributed by atoms with Gasteiger partial charge < -0.3 is 4.52 Å². The molecule has 0 amide bonds. The highest BCUT2D eigenvalue weighted by molar-refractivity contribution is 5.68. The molecule has 2 heterocycles. The zero-order chi connectivity index (χ0) is 17.9. The molecule has 0 spiro atoms. The maximum absolute atomic E-state index is 8.89. The van der Waals surface area contributed by atoms with Crippen LogP contribution in [0.4, 0.5) is 0 Å². The Morgan fingerprint density at radius 2 is 1.85 bits per heavy atom. The van der Waals surface area contributed by atoms with Crippen molar-refractivity contribution in [2.24, 2.45) is 0 Å². The van der Waals surface area contributed by atoms with E-state index < -0.39 is 0 Å². The van der Waals surface area contributed by atoms with Gasteiger partial charge in [-0.05, 0) is 43.3 Å². The van der Waals surface area contributed by atoms with Gasteiger partial charge in [-0.2, -0.15) is 15.3 Å². The summed E-state index contributed by atoms with van der Waals surface area (Å²) in [7, 11) is 0. The molecular formula is C20H15N5O. The van der Waals surface area contributed by atoms with Gasteiger partial charge in [0.05, 0.1) is 17.3 Å². The van der Waals surface area contributed by atoms with Gasteiger partial charge in [0, 0.05) is 29.4 Å². The van der Waals surface area contributed by atoms with Gasteiger partial charge in [-0.3, -0.25) is 4.68 Å². The van der Waals surface area contributed by atoms with Gasteiger partial charge in [0.1, 0.15) is 0 Å². The fourth-order valence-electron chi connectivity index (χ4n) is 2.79. The Morgan fingerprint density at radius 3 is 2.62 bits per heavy atom. The third kappa shape index (κ3) is 2.87. The fourth-order valence-corrected chi connectivity index (χ4v) is 2.79. The summed E-state index contributed by atoms with van der Waals surface area (Å²) in [6.45, 7) is 2.86. The molecule has 26 heavy (non-hydrogen) atoms. The first-order valence-electron chi connectivity index (χ1n) is 8.25. The summed E-state index contributed by atoms with van der Waals surface area (Å²) < 4.78 is 7.33. The van der Waals surface area contributed by atoms with Crippen molar-refractivity contribution >= 4 is 0 Å². The Balaban J connectivity index is 1.67. The van der Waals surface area contributed by atoms with Gasteiger partial charge in [-0.15, -0.1) is 0 Å². The van der Waals surface area contributed by atoms with Crippen molar-refractivity contribution in [3.8, 4) is 40.2 Å². The zero-order valence-electron chi connectivity index (χ0n) is 14.1. The molecule has 0 atom stereocenters. The molecule has 4 aromatic rings. The van der Waals surface area contributed by atoms with E-state index >= 15 is 0 Å². The normalized spacial score (nSPS) is 10.6. The van der Waals surface area contributed by atoms with Crippen LogP contribution in [0.25, 0.3) is 34.1 Å². The van der Waals surface area contributed by atoms with Crippen molar-refractivity contribution in [2.45, 2.75) is 13.5 Å². The lowest BCUT2D eigenvalue weighted by Gasteiger charge is -2.05. The smallest absolute Gasteiger partial charge is 0.258 e. The molecule has 4 rings (SSSR count). The maximum atomic E-state index is 8.89. The Morgan fingerprint density at radius 1 is 1.04 bits per heavy atom. The van der Waals surface area contributed by atoms with Crippen LogP contribution < -0.4 is 0 Å². The number of hydrogen-bond donors (Lipinski definition) is 0. The van der Waals surface area contributed by atoms with E-state index in [-0.39, 0.29) is 0 Å². The molecule has 126 valence electrons. The third-order valence-corrected chi connectivity index (χ3v) is 4.12. The number of aryl methyl sites for hydroxylation is 1. The molecule has 0 unspecified atom stereocenters. The van der Waals surface area contributed by atoms with Crippen LogP contribution in [-0.4, -0.2) is 19.9 Å². The van der Waals surface area contributed by atoms with Gasteiger partial charge in [-0.25, -0.2) is 0 Å². The number of hydrogen-bond acceptors (Lipinski definition) is 5. The monoisotopic (exact) mass is 341 g/mol. The van der Waals surface area contributed by atoms with Crippen LogP contribution in [0.3, 0.4) is 0 Å². The van der Waals surface area contributed by atoms with Gasteiger partial charge in [0.25, 0.3) is 5.89 Å². The van der Waals surface area contributed by atoms with E-state index in [2.05, 4.69) is 28.2 Å². The molecule has 0 saturated carbocycles. The standard InChI is InChI=1S/C20H15N5O/c1-2-25-18(10-11-22-25)16-4-3-5-17(12-16)19-23-20(26-24-19)15-8-6-14(13-21)7-9-15/h3-12H,2H2,1H3. The molecule has 2 aromatic carbocycles. The number of nitrogens with zero attached hydrogens (tertiary/aromatic N) is 5. The van der Waals surface area contributed by atoms with E-state index in [0.29, 0.717) is 17.3 Å². The summed E-state index contributed by atoms with van der Waals surface area (Å²) in [5.74, 6) is 0.947. The molecule has 6 nitrogen and oxygen atoms in total. The third-order valence-electron chi connectivity index (χ3n) is 4.12. The lowest BCUT2D eigenvalue weighted by atomic mass is 10.1. The van der Waals surface area contributed by atoms with Crippen LogP contribution in [0.1, 0.15) is 12.5 Å². The number of benzene rings is 2. The molecule has 6 heteroatoms. The first kappa shape index (κ1) is 15.8. The van der Waals surface area contributed by atoms with E-state index in [1.807, 2.05) is 35.0 Å². The second-order valence-corrected chi connectivity index (χ2v) is 5.73. The van der Waals surface area contributed by atoms with E-state index in [1.54, 1.807) is 30.5 Å². The second kappa shape index (κ2) is 6.65. The Kier molecular flexibility index (Phi) is 4.04. The molecule has 0 aliphatic carbocycles. The Bertz CT molecular complexity index is 1090. The van der Waals surface area contributed by atoms with Crippen molar-refractivity contribution in [1.29, 1.82) is 5.26 Å². The summed E-state index contributed by atoms with van der Waals surface area (Å²) in [5, 5.41) is 17.3. The summed E-state index contributed by atoms with van der Waals surface area (Å²) >= 11 is 0. The molecule has 0 bridgehead atoms. The van der Waals surface area contributed by atoms with E-state index in [9.17, 15) is 0 Å². The molecule has 2 aromatic heterocycles. The minimum Gasteiger partial charge on any atom is -0.334 e. The van der Waals surface area contributed by atoms with Gasteiger partial charge >= 0.3 is 0 Å². The average molecular weight is 341 g/mol. The van der Waals surface area contributed by atoms with Crippen LogP contribution in [-0.2, 0) is 6.54 Å².